The van der Waals surface area contributed by atoms with Crippen molar-refractivity contribution in [2.75, 3.05) is 26.2 Å². The van der Waals surface area contributed by atoms with Crippen LogP contribution in [-0.2, 0) is 36.8 Å². The zero-order valence-electron chi connectivity index (χ0n) is 30.0. The van der Waals surface area contributed by atoms with Gasteiger partial charge in [-0.05, 0) is 12.8 Å². The maximum Gasteiger partial charge on any atom is 0.220 e. The van der Waals surface area contributed by atoms with Gasteiger partial charge in [0.05, 0.1) is 44.9 Å². The molecule has 14 heteroatoms. The van der Waals surface area contributed by atoms with Crippen LogP contribution >= 0.6 is 23.2 Å². The van der Waals surface area contributed by atoms with E-state index in [-0.39, 0.29) is 22.9 Å². The quantitative estimate of drug-likeness (QED) is 0.219. The minimum absolute atomic E-state index is 0.0617. The van der Waals surface area contributed by atoms with E-state index in [0.717, 1.165) is 108 Å². The van der Waals surface area contributed by atoms with Crippen molar-refractivity contribution in [3.05, 3.63) is 82.4 Å². The standard InChI is InChI=1S/C40H38Cl2N10O2/c1-49-15-23(17-51-19-39(20-51)11-9-31(53)47-39)35-37(49)45-29(13-43-35)27-7-3-5-25(33(27)41)26-6-4-8-28(34(26)42)30-14-44-36-24(16-50(2)38(36)46-30)18-52-21-40(22-52)12-10-32(54)48-40/h3-8,13-16H,9-12,17-22H2,1-2H3,(H,47,53)(H,48,54). The van der Waals surface area contributed by atoms with Crippen molar-refractivity contribution in [2.45, 2.75) is 49.9 Å². The zero-order valence-corrected chi connectivity index (χ0v) is 31.5. The number of nitrogens with one attached hydrogen (secondary N) is 2. The van der Waals surface area contributed by atoms with Crippen LogP contribution < -0.4 is 10.6 Å². The molecule has 54 heavy (non-hydrogen) atoms. The second-order valence-corrected chi connectivity index (χ2v) is 16.4. The summed E-state index contributed by atoms with van der Waals surface area (Å²) in [6, 6.07) is 11.8. The Labute approximate surface area is 321 Å². The van der Waals surface area contributed by atoms with E-state index in [1.165, 1.54) is 0 Å². The molecule has 2 aromatic carbocycles. The summed E-state index contributed by atoms with van der Waals surface area (Å²) < 4.78 is 4.02. The first-order valence-electron chi connectivity index (χ1n) is 18.3. The molecule has 0 aliphatic carbocycles. The summed E-state index contributed by atoms with van der Waals surface area (Å²) in [6.07, 6.45) is 10.8. The summed E-state index contributed by atoms with van der Waals surface area (Å²) in [6.45, 7) is 4.90. The Morgan fingerprint density at radius 1 is 0.648 bits per heavy atom. The Morgan fingerprint density at radius 3 is 1.44 bits per heavy atom. The first-order chi connectivity index (χ1) is 26.1. The average Bonchev–Trinajstić information content (AvgIpc) is 3.88. The van der Waals surface area contributed by atoms with E-state index >= 15 is 0 Å². The van der Waals surface area contributed by atoms with Crippen molar-refractivity contribution >= 4 is 57.3 Å². The van der Waals surface area contributed by atoms with E-state index in [9.17, 15) is 9.59 Å². The lowest BCUT2D eigenvalue weighted by Crippen LogP contribution is -2.66. The third-order valence-electron chi connectivity index (χ3n) is 11.7. The molecule has 6 aromatic rings. The monoisotopic (exact) mass is 760 g/mol. The summed E-state index contributed by atoms with van der Waals surface area (Å²) >= 11 is 14.4. The normalized spacial score (nSPS) is 19.2. The first-order valence-corrected chi connectivity index (χ1v) is 19.1. The molecule has 274 valence electrons. The minimum Gasteiger partial charge on any atom is -0.348 e. The van der Waals surface area contributed by atoms with E-state index in [2.05, 4.69) is 32.8 Å². The Morgan fingerprint density at radius 2 is 1.06 bits per heavy atom. The van der Waals surface area contributed by atoms with Gasteiger partial charge in [-0.25, -0.2) is 9.97 Å². The fraction of sp³-hybridized carbons (Fsp3) is 0.350. The van der Waals surface area contributed by atoms with Gasteiger partial charge in [0, 0.05) is 112 Å². The minimum atomic E-state index is -0.0617. The van der Waals surface area contributed by atoms with Gasteiger partial charge in [-0.1, -0.05) is 59.6 Å². The molecule has 0 atom stereocenters. The van der Waals surface area contributed by atoms with Gasteiger partial charge in [0.1, 0.15) is 11.0 Å². The van der Waals surface area contributed by atoms with Crippen LogP contribution in [0.25, 0.3) is 56.0 Å². The molecule has 0 unspecified atom stereocenters. The molecule has 0 radical (unpaired) electrons. The second kappa shape index (κ2) is 12.3. The lowest BCUT2D eigenvalue weighted by atomic mass is 9.88. The summed E-state index contributed by atoms with van der Waals surface area (Å²) in [4.78, 5) is 48.1. The van der Waals surface area contributed by atoms with E-state index < -0.39 is 0 Å². The fourth-order valence-electron chi connectivity index (χ4n) is 9.13. The second-order valence-electron chi connectivity index (χ2n) is 15.7. The molecule has 12 nitrogen and oxygen atoms in total. The maximum atomic E-state index is 11.8. The molecule has 4 aliphatic rings. The zero-order chi connectivity index (χ0) is 36.9. The van der Waals surface area contributed by atoms with Gasteiger partial charge in [0.2, 0.25) is 11.8 Å². The smallest absolute Gasteiger partial charge is 0.220 e. The van der Waals surface area contributed by atoms with Crippen molar-refractivity contribution < 1.29 is 9.59 Å². The van der Waals surface area contributed by atoms with Crippen LogP contribution in [0.1, 0.15) is 36.8 Å². The van der Waals surface area contributed by atoms with E-state index in [1.807, 2.05) is 59.6 Å². The molecule has 2 N–H and O–H groups in total. The average molecular weight is 762 g/mol. The maximum absolute atomic E-state index is 11.8. The first kappa shape index (κ1) is 33.7. The number of carbonyl (C=O) groups excluding carboxylic acids is 2. The number of likely N-dealkylation sites (tertiary alicyclic amines) is 2. The Bertz CT molecular complexity index is 2370. The topological polar surface area (TPSA) is 126 Å². The molecular formula is C40H38Cl2N10O2. The van der Waals surface area contributed by atoms with Crippen LogP contribution in [0.2, 0.25) is 10.0 Å². The number of hydrogen-bond acceptors (Lipinski definition) is 8. The van der Waals surface area contributed by atoms with Crippen LogP contribution in [0.5, 0.6) is 0 Å². The predicted molar refractivity (Wildman–Crippen MR) is 208 cm³/mol. The summed E-state index contributed by atoms with van der Waals surface area (Å²) in [7, 11) is 3.97. The summed E-state index contributed by atoms with van der Waals surface area (Å²) in [5.74, 6) is 0.304. The van der Waals surface area contributed by atoms with Crippen molar-refractivity contribution in [3.63, 3.8) is 0 Å². The van der Waals surface area contributed by atoms with Crippen LogP contribution in [-0.4, -0.2) is 87.9 Å². The van der Waals surface area contributed by atoms with Crippen molar-refractivity contribution in [1.82, 2.24) is 49.5 Å². The molecule has 10 rings (SSSR count). The number of nitrogens with zero attached hydrogens (tertiary/aromatic N) is 8. The summed E-state index contributed by atoms with van der Waals surface area (Å²) in [5.41, 5.74) is 9.78. The fourth-order valence-corrected chi connectivity index (χ4v) is 9.78. The van der Waals surface area contributed by atoms with E-state index in [0.29, 0.717) is 34.3 Å². The molecule has 0 saturated carbocycles. The van der Waals surface area contributed by atoms with Gasteiger partial charge in [0.25, 0.3) is 0 Å². The molecule has 0 bridgehead atoms. The highest BCUT2D eigenvalue weighted by Gasteiger charge is 2.48. The molecule has 4 aliphatic heterocycles. The van der Waals surface area contributed by atoms with Gasteiger partial charge >= 0.3 is 0 Å². The molecule has 4 aromatic heterocycles. The van der Waals surface area contributed by atoms with Gasteiger partial charge in [-0.3, -0.25) is 29.4 Å². The van der Waals surface area contributed by atoms with Crippen molar-refractivity contribution in [2.24, 2.45) is 14.1 Å². The van der Waals surface area contributed by atoms with Gasteiger partial charge in [0.15, 0.2) is 11.3 Å². The highest BCUT2D eigenvalue weighted by atomic mass is 35.5. The third kappa shape index (κ3) is 5.49. The highest BCUT2D eigenvalue weighted by molar-refractivity contribution is 6.39. The van der Waals surface area contributed by atoms with Gasteiger partial charge in [-0.2, -0.15) is 0 Å². The van der Waals surface area contributed by atoms with E-state index in [1.54, 1.807) is 12.4 Å². The third-order valence-corrected chi connectivity index (χ3v) is 12.5. The largest absolute Gasteiger partial charge is 0.348 e. The van der Waals surface area contributed by atoms with E-state index in [4.69, 9.17) is 43.1 Å². The number of aromatic nitrogens is 6. The Kier molecular flexibility index (Phi) is 7.68. The number of carbonyl (C=O) groups is 2. The number of hydrogen-bond donors (Lipinski definition) is 2. The Balaban J connectivity index is 0.906. The molecule has 2 amide bonds. The molecule has 4 fully saturated rings. The highest BCUT2D eigenvalue weighted by Crippen LogP contribution is 2.42. The lowest BCUT2D eigenvalue weighted by molar-refractivity contribution is -0.121. The van der Waals surface area contributed by atoms with Crippen LogP contribution in [0, 0.1) is 0 Å². The van der Waals surface area contributed by atoms with Gasteiger partial charge in [-0.15, -0.1) is 0 Å². The predicted octanol–water partition coefficient (Wildman–Crippen LogP) is 5.49. The SMILES string of the molecule is Cn1cc(CN2CC3(CCC(=O)N3)C2)c2ncc(-c3cccc(-c4cccc(-c5cnc6c(CN7CC8(CCC(=O)N8)C7)cn(C)c6n5)c4Cl)c3Cl)nc21. The lowest BCUT2D eigenvalue weighted by Gasteiger charge is -2.47. The van der Waals surface area contributed by atoms with Crippen molar-refractivity contribution in [3.8, 4) is 33.6 Å². The van der Waals surface area contributed by atoms with Gasteiger partial charge < -0.3 is 19.8 Å². The molecular weight excluding hydrogens is 723 g/mol. The van der Waals surface area contributed by atoms with Crippen LogP contribution in [0.3, 0.4) is 0 Å². The number of amides is 2. The molecule has 4 saturated heterocycles. The molecule has 8 heterocycles. The van der Waals surface area contributed by atoms with Crippen LogP contribution in [0.4, 0.5) is 0 Å². The number of aryl methyl sites for hydroxylation is 2. The Hall–Kier alpha value is -4.88. The summed E-state index contributed by atoms with van der Waals surface area (Å²) in [5, 5.41) is 7.38. The number of rotatable bonds is 7. The van der Waals surface area contributed by atoms with Crippen molar-refractivity contribution in [1.29, 1.82) is 0 Å². The van der Waals surface area contributed by atoms with Crippen LogP contribution in [0.15, 0.2) is 61.2 Å². The number of benzene rings is 2. The molecule has 2 spiro atoms. The number of halogens is 2. The number of fused-ring (bicyclic) bond motifs is 2.